The molecule has 4 heteroatoms. The number of aliphatic hydroxyl groups is 1. The number of anilines is 1. The topological polar surface area (TPSA) is 60.9 Å². The fraction of sp³-hybridized carbons (Fsp3) is 0.300. The Balaban J connectivity index is 2.19. The highest BCUT2D eigenvalue weighted by molar-refractivity contribution is 5.77. The van der Waals surface area contributed by atoms with Gasteiger partial charge in [-0.1, -0.05) is 12.1 Å². The van der Waals surface area contributed by atoms with Gasteiger partial charge in [0.05, 0.1) is 17.1 Å². The van der Waals surface area contributed by atoms with Crippen LogP contribution in [-0.2, 0) is 0 Å². The van der Waals surface area contributed by atoms with Crippen molar-refractivity contribution in [1.82, 2.24) is 9.97 Å². The molecule has 0 unspecified atom stereocenters. The van der Waals surface area contributed by atoms with Crippen molar-refractivity contribution in [3.05, 3.63) is 24.3 Å². The van der Waals surface area contributed by atoms with Crippen molar-refractivity contribution >= 4 is 17.0 Å². The monoisotopic (exact) mass is 191 g/mol. The van der Waals surface area contributed by atoms with E-state index in [1.807, 2.05) is 24.3 Å². The molecule has 0 aliphatic heterocycles. The first-order chi connectivity index (χ1) is 6.75. The minimum atomic E-state index is -0.372. The minimum Gasteiger partial charge on any atom is -0.392 e. The van der Waals surface area contributed by atoms with Gasteiger partial charge in [-0.25, -0.2) is 4.98 Å². The van der Waals surface area contributed by atoms with E-state index < -0.39 is 0 Å². The zero-order valence-electron chi connectivity index (χ0n) is 7.99. The second-order valence-corrected chi connectivity index (χ2v) is 3.33. The summed E-state index contributed by atoms with van der Waals surface area (Å²) in [5.41, 5.74) is 1.93. The van der Waals surface area contributed by atoms with E-state index in [0.717, 1.165) is 11.0 Å². The smallest absolute Gasteiger partial charge is 0.201 e. The number of para-hydroxylation sites is 2. The SMILES string of the molecule is C[C@H](O)CNc1nc2ccccc2[nH]1. The highest BCUT2D eigenvalue weighted by atomic mass is 16.3. The molecule has 3 N–H and O–H groups in total. The normalized spacial score (nSPS) is 13.0. The molecule has 0 spiro atoms. The maximum Gasteiger partial charge on any atom is 0.201 e. The number of aromatic amines is 1. The molecular formula is C10H13N3O. The fourth-order valence-corrected chi connectivity index (χ4v) is 1.28. The van der Waals surface area contributed by atoms with Gasteiger partial charge in [0, 0.05) is 6.54 Å². The molecule has 74 valence electrons. The number of aromatic nitrogens is 2. The molecule has 0 aliphatic rings. The summed E-state index contributed by atoms with van der Waals surface area (Å²) in [7, 11) is 0. The van der Waals surface area contributed by atoms with Crippen molar-refractivity contribution in [2.75, 3.05) is 11.9 Å². The number of H-pyrrole nitrogens is 1. The Bertz CT molecular complexity index is 389. The van der Waals surface area contributed by atoms with Crippen LogP contribution in [0, 0.1) is 0 Å². The number of hydrogen-bond donors (Lipinski definition) is 3. The summed E-state index contributed by atoms with van der Waals surface area (Å²) in [5.74, 6) is 0.701. The predicted molar refractivity (Wildman–Crippen MR) is 56.3 cm³/mol. The molecule has 1 aromatic carbocycles. The summed E-state index contributed by atoms with van der Waals surface area (Å²) in [4.78, 5) is 7.42. The van der Waals surface area contributed by atoms with Gasteiger partial charge in [-0.2, -0.15) is 0 Å². The second kappa shape index (κ2) is 3.67. The van der Waals surface area contributed by atoms with Gasteiger partial charge < -0.3 is 15.4 Å². The molecule has 0 aliphatic carbocycles. The number of imidazole rings is 1. The van der Waals surface area contributed by atoms with Crippen molar-refractivity contribution in [1.29, 1.82) is 0 Å². The Morgan fingerprint density at radius 3 is 3.00 bits per heavy atom. The van der Waals surface area contributed by atoms with Gasteiger partial charge >= 0.3 is 0 Å². The van der Waals surface area contributed by atoms with Gasteiger partial charge in [-0.3, -0.25) is 0 Å². The van der Waals surface area contributed by atoms with Crippen molar-refractivity contribution in [3.63, 3.8) is 0 Å². The maximum absolute atomic E-state index is 9.08. The predicted octanol–water partition coefficient (Wildman–Crippen LogP) is 1.36. The van der Waals surface area contributed by atoms with Crippen LogP contribution in [0.15, 0.2) is 24.3 Å². The Morgan fingerprint density at radius 1 is 1.50 bits per heavy atom. The first kappa shape index (κ1) is 9.02. The van der Waals surface area contributed by atoms with Crippen LogP contribution in [0.5, 0.6) is 0 Å². The molecule has 2 rings (SSSR count). The van der Waals surface area contributed by atoms with Gasteiger partial charge in [0.1, 0.15) is 0 Å². The van der Waals surface area contributed by atoms with Crippen LogP contribution in [0.25, 0.3) is 11.0 Å². The molecule has 0 amide bonds. The Labute approximate surface area is 82.0 Å². The molecule has 1 heterocycles. The minimum absolute atomic E-state index is 0.372. The van der Waals surface area contributed by atoms with Crippen molar-refractivity contribution in [2.45, 2.75) is 13.0 Å². The molecule has 0 bridgehead atoms. The lowest BCUT2D eigenvalue weighted by Crippen LogP contribution is -2.15. The third-order valence-electron chi connectivity index (χ3n) is 1.95. The molecule has 0 fully saturated rings. The standard InChI is InChI=1S/C10H13N3O/c1-7(14)6-11-10-12-8-4-2-3-5-9(8)13-10/h2-5,7,14H,6H2,1H3,(H2,11,12,13)/t7-/m0/s1. The maximum atomic E-state index is 9.08. The Kier molecular flexibility index (Phi) is 2.37. The average molecular weight is 191 g/mol. The van der Waals surface area contributed by atoms with Crippen LogP contribution in [0.3, 0.4) is 0 Å². The van der Waals surface area contributed by atoms with Crippen LogP contribution in [0.4, 0.5) is 5.95 Å². The number of rotatable bonds is 3. The number of nitrogens with one attached hydrogen (secondary N) is 2. The lowest BCUT2D eigenvalue weighted by atomic mass is 10.3. The van der Waals surface area contributed by atoms with E-state index in [-0.39, 0.29) is 6.10 Å². The summed E-state index contributed by atoms with van der Waals surface area (Å²) in [6, 6.07) is 7.82. The zero-order valence-corrected chi connectivity index (χ0v) is 7.99. The van der Waals surface area contributed by atoms with E-state index >= 15 is 0 Å². The molecule has 0 saturated carbocycles. The van der Waals surface area contributed by atoms with Crippen LogP contribution < -0.4 is 5.32 Å². The van der Waals surface area contributed by atoms with Crippen LogP contribution >= 0.6 is 0 Å². The molecule has 2 aromatic rings. The molecule has 1 aromatic heterocycles. The van der Waals surface area contributed by atoms with Crippen molar-refractivity contribution in [3.8, 4) is 0 Å². The summed E-state index contributed by atoms with van der Waals surface area (Å²) >= 11 is 0. The van der Waals surface area contributed by atoms with E-state index in [0.29, 0.717) is 12.5 Å². The van der Waals surface area contributed by atoms with Crippen molar-refractivity contribution in [2.24, 2.45) is 0 Å². The van der Waals surface area contributed by atoms with Gasteiger partial charge in [-0.15, -0.1) is 0 Å². The molecular weight excluding hydrogens is 178 g/mol. The number of nitrogens with zero attached hydrogens (tertiary/aromatic N) is 1. The molecule has 4 nitrogen and oxygen atoms in total. The first-order valence-electron chi connectivity index (χ1n) is 4.62. The molecule has 1 atom stereocenters. The average Bonchev–Trinajstić information content (AvgIpc) is 2.57. The van der Waals surface area contributed by atoms with Crippen LogP contribution in [0.1, 0.15) is 6.92 Å². The summed E-state index contributed by atoms with van der Waals surface area (Å²) in [6.07, 6.45) is -0.372. The molecule has 0 radical (unpaired) electrons. The highest BCUT2D eigenvalue weighted by Gasteiger charge is 2.01. The largest absolute Gasteiger partial charge is 0.392 e. The van der Waals surface area contributed by atoms with Crippen molar-refractivity contribution < 1.29 is 5.11 Å². The third-order valence-corrected chi connectivity index (χ3v) is 1.95. The van der Waals surface area contributed by atoms with Crippen LogP contribution in [0.2, 0.25) is 0 Å². The molecule has 14 heavy (non-hydrogen) atoms. The summed E-state index contributed by atoms with van der Waals surface area (Å²) in [6.45, 7) is 2.23. The number of fused-ring (bicyclic) bond motifs is 1. The second-order valence-electron chi connectivity index (χ2n) is 3.33. The quantitative estimate of drug-likeness (QED) is 0.686. The Hall–Kier alpha value is -1.55. The first-order valence-corrected chi connectivity index (χ1v) is 4.62. The lowest BCUT2D eigenvalue weighted by molar-refractivity contribution is 0.208. The summed E-state index contributed by atoms with van der Waals surface area (Å²) < 4.78 is 0. The number of benzene rings is 1. The van der Waals surface area contributed by atoms with Gasteiger partial charge in [0.25, 0.3) is 0 Å². The summed E-state index contributed by atoms with van der Waals surface area (Å²) in [5, 5.41) is 12.1. The third kappa shape index (κ3) is 1.85. The van der Waals surface area contributed by atoms with E-state index in [2.05, 4.69) is 15.3 Å². The highest BCUT2D eigenvalue weighted by Crippen LogP contribution is 2.12. The van der Waals surface area contributed by atoms with Gasteiger partial charge in [0.2, 0.25) is 5.95 Å². The Morgan fingerprint density at radius 2 is 2.29 bits per heavy atom. The van der Waals surface area contributed by atoms with Gasteiger partial charge in [-0.05, 0) is 19.1 Å². The number of aliphatic hydroxyl groups excluding tert-OH is 1. The van der Waals surface area contributed by atoms with E-state index in [1.54, 1.807) is 6.92 Å². The van der Waals surface area contributed by atoms with Crippen LogP contribution in [-0.4, -0.2) is 27.7 Å². The van der Waals surface area contributed by atoms with Gasteiger partial charge in [0.15, 0.2) is 0 Å². The van der Waals surface area contributed by atoms with E-state index in [1.165, 1.54) is 0 Å². The fourth-order valence-electron chi connectivity index (χ4n) is 1.28. The van der Waals surface area contributed by atoms with E-state index in [9.17, 15) is 0 Å². The van der Waals surface area contributed by atoms with E-state index in [4.69, 9.17) is 5.11 Å². The zero-order chi connectivity index (χ0) is 9.97. The lowest BCUT2D eigenvalue weighted by Gasteiger charge is -2.03. The molecule has 0 saturated heterocycles. The number of hydrogen-bond acceptors (Lipinski definition) is 3.